The highest BCUT2D eigenvalue weighted by atomic mass is 16.4. The molecule has 0 aromatic heterocycles. The van der Waals surface area contributed by atoms with Gasteiger partial charge in [0.15, 0.2) is 0 Å². The van der Waals surface area contributed by atoms with Crippen LogP contribution in [-0.2, 0) is 11.2 Å². The lowest BCUT2D eigenvalue weighted by molar-refractivity contribution is -0.130. The molecule has 0 atom stereocenters. The number of rotatable bonds is 3. The molecule has 2 heteroatoms. The maximum atomic E-state index is 10.8. The Bertz CT molecular complexity index is 347. The van der Waals surface area contributed by atoms with E-state index in [1.165, 1.54) is 5.56 Å². The Morgan fingerprint density at radius 3 is 2.29 bits per heavy atom. The second-order valence-electron chi connectivity index (χ2n) is 3.06. The minimum atomic E-state index is -0.878. The van der Waals surface area contributed by atoms with Crippen LogP contribution in [0.25, 0.3) is 5.57 Å². The molecule has 0 bridgehead atoms. The predicted octanol–water partition coefficient (Wildman–Crippen LogP) is 2.74. The summed E-state index contributed by atoms with van der Waals surface area (Å²) in [7, 11) is 0. The quantitative estimate of drug-likeness (QED) is 0.744. The van der Waals surface area contributed by atoms with Gasteiger partial charge in [0.25, 0.3) is 0 Å². The number of hydrogen-bond donors (Lipinski definition) is 1. The first-order valence-corrected chi connectivity index (χ1v) is 4.68. The minimum absolute atomic E-state index is 0.354. The van der Waals surface area contributed by atoms with Crippen molar-refractivity contribution in [1.29, 1.82) is 0 Å². The molecule has 0 spiro atoms. The van der Waals surface area contributed by atoms with Gasteiger partial charge in [0.05, 0.1) is 5.57 Å². The number of carboxylic acid groups (broad SMARTS) is 1. The van der Waals surface area contributed by atoms with E-state index in [1.54, 1.807) is 13.0 Å². The van der Waals surface area contributed by atoms with E-state index in [4.69, 9.17) is 5.11 Å². The molecule has 1 aromatic rings. The molecule has 2 nitrogen and oxygen atoms in total. The third-order valence-electron chi connectivity index (χ3n) is 2.19. The Hall–Kier alpha value is -1.57. The summed E-state index contributed by atoms with van der Waals surface area (Å²) < 4.78 is 0. The summed E-state index contributed by atoms with van der Waals surface area (Å²) in [4.78, 5) is 10.8. The van der Waals surface area contributed by atoms with Gasteiger partial charge in [0, 0.05) is 0 Å². The van der Waals surface area contributed by atoms with Gasteiger partial charge >= 0.3 is 5.97 Å². The van der Waals surface area contributed by atoms with Crippen LogP contribution in [-0.4, -0.2) is 11.1 Å². The lowest BCUT2D eigenvalue weighted by atomic mass is 10.0. The standard InChI is InChI=1S/C12H14O2/c1-3-9-5-7-10(8-6-9)11(4-2)12(13)14/h4-8H,3H2,1-2H3,(H,13,14)/b11-4+. The zero-order valence-electron chi connectivity index (χ0n) is 8.45. The van der Waals surface area contributed by atoms with Crippen LogP contribution in [0.2, 0.25) is 0 Å². The smallest absolute Gasteiger partial charge is 0.335 e. The van der Waals surface area contributed by atoms with E-state index in [-0.39, 0.29) is 0 Å². The van der Waals surface area contributed by atoms with Crippen molar-refractivity contribution in [2.45, 2.75) is 20.3 Å². The lowest BCUT2D eigenvalue weighted by Crippen LogP contribution is -1.99. The number of carboxylic acids is 1. The summed E-state index contributed by atoms with van der Waals surface area (Å²) in [5.74, 6) is -0.878. The summed E-state index contributed by atoms with van der Waals surface area (Å²) in [6, 6.07) is 7.62. The summed E-state index contributed by atoms with van der Waals surface area (Å²) in [6.07, 6.45) is 2.59. The van der Waals surface area contributed by atoms with Gasteiger partial charge in [-0.1, -0.05) is 37.3 Å². The maximum Gasteiger partial charge on any atom is 0.335 e. The van der Waals surface area contributed by atoms with Crippen molar-refractivity contribution in [2.75, 3.05) is 0 Å². The number of aliphatic carboxylic acids is 1. The fourth-order valence-corrected chi connectivity index (χ4v) is 1.33. The van der Waals surface area contributed by atoms with Crippen molar-refractivity contribution in [3.05, 3.63) is 41.5 Å². The number of benzene rings is 1. The van der Waals surface area contributed by atoms with Crippen LogP contribution in [0.4, 0.5) is 0 Å². The van der Waals surface area contributed by atoms with Crippen molar-refractivity contribution >= 4 is 11.5 Å². The Morgan fingerprint density at radius 2 is 1.93 bits per heavy atom. The summed E-state index contributed by atoms with van der Waals surface area (Å²) in [6.45, 7) is 3.81. The molecule has 0 aliphatic rings. The van der Waals surface area contributed by atoms with E-state index in [9.17, 15) is 4.79 Å². The van der Waals surface area contributed by atoms with Crippen molar-refractivity contribution in [2.24, 2.45) is 0 Å². The monoisotopic (exact) mass is 190 g/mol. The first-order chi connectivity index (χ1) is 6.69. The highest BCUT2D eigenvalue weighted by molar-refractivity contribution is 6.15. The summed E-state index contributed by atoms with van der Waals surface area (Å²) in [5, 5.41) is 8.88. The largest absolute Gasteiger partial charge is 0.478 e. The zero-order chi connectivity index (χ0) is 10.6. The second kappa shape index (κ2) is 4.61. The van der Waals surface area contributed by atoms with Gasteiger partial charge in [-0.15, -0.1) is 0 Å². The van der Waals surface area contributed by atoms with Gasteiger partial charge < -0.3 is 5.11 Å². The predicted molar refractivity (Wildman–Crippen MR) is 57.1 cm³/mol. The van der Waals surface area contributed by atoms with Gasteiger partial charge in [0.2, 0.25) is 0 Å². The average Bonchev–Trinajstić information content (AvgIpc) is 2.19. The third-order valence-corrected chi connectivity index (χ3v) is 2.19. The number of hydrogen-bond acceptors (Lipinski definition) is 1. The SMILES string of the molecule is C/C=C(/C(=O)O)c1ccc(CC)cc1. The summed E-state index contributed by atoms with van der Waals surface area (Å²) >= 11 is 0. The van der Waals surface area contributed by atoms with Gasteiger partial charge in [-0.05, 0) is 24.5 Å². The van der Waals surface area contributed by atoms with E-state index in [0.29, 0.717) is 5.57 Å². The first kappa shape index (κ1) is 10.5. The van der Waals surface area contributed by atoms with Crippen LogP contribution >= 0.6 is 0 Å². The normalized spacial score (nSPS) is 11.4. The van der Waals surface area contributed by atoms with E-state index in [2.05, 4.69) is 6.92 Å². The highest BCUT2D eigenvalue weighted by Gasteiger charge is 2.07. The van der Waals surface area contributed by atoms with Crippen molar-refractivity contribution in [3.63, 3.8) is 0 Å². The molecule has 1 N–H and O–H groups in total. The first-order valence-electron chi connectivity index (χ1n) is 4.68. The summed E-state index contributed by atoms with van der Waals surface area (Å²) in [5.41, 5.74) is 2.33. The molecular weight excluding hydrogens is 176 g/mol. The molecule has 0 saturated heterocycles. The van der Waals surface area contributed by atoms with Gasteiger partial charge in [-0.2, -0.15) is 0 Å². The van der Waals surface area contributed by atoms with Gasteiger partial charge in [0.1, 0.15) is 0 Å². The van der Waals surface area contributed by atoms with Crippen molar-refractivity contribution in [3.8, 4) is 0 Å². The molecule has 0 amide bonds. The Balaban J connectivity index is 3.02. The molecule has 1 rings (SSSR count). The molecule has 0 unspecified atom stereocenters. The molecular formula is C12H14O2. The second-order valence-corrected chi connectivity index (χ2v) is 3.06. The van der Waals surface area contributed by atoms with E-state index in [0.717, 1.165) is 12.0 Å². The molecule has 0 saturated carbocycles. The number of aryl methyl sites for hydroxylation is 1. The molecule has 0 radical (unpaired) electrons. The average molecular weight is 190 g/mol. The molecule has 0 fully saturated rings. The van der Waals surface area contributed by atoms with Crippen LogP contribution in [0, 0.1) is 0 Å². The number of carbonyl (C=O) groups is 1. The topological polar surface area (TPSA) is 37.3 Å². The zero-order valence-corrected chi connectivity index (χ0v) is 8.45. The van der Waals surface area contributed by atoms with Crippen molar-refractivity contribution < 1.29 is 9.90 Å². The van der Waals surface area contributed by atoms with Gasteiger partial charge in [-0.3, -0.25) is 0 Å². The van der Waals surface area contributed by atoms with Crippen molar-refractivity contribution in [1.82, 2.24) is 0 Å². The number of allylic oxidation sites excluding steroid dienone is 1. The van der Waals surface area contributed by atoms with E-state index < -0.39 is 5.97 Å². The van der Waals surface area contributed by atoms with E-state index in [1.807, 2.05) is 24.3 Å². The third kappa shape index (κ3) is 2.22. The highest BCUT2D eigenvalue weighted by Crippen LogP contribution is 2.15. The lowest BCUT2D eigenvalue weighted by Gasteiger charge is -2.02. The molecule has 74 valence electrons. The van der Waals surface area contributed by atoms with E-state index >= 15 is 0 Å². The maximum absolute atomic E-state index is 10.8. The van der Waals surface area contributed by atoms with Gasteiger partial charge in [-0.25, -0.2) is 4.79 Å². The molecule has 14 heavy (non-hydrogen) atoms. The van der Waals surface area contributed by atoms with Crippen LogP contribution in [0.5, 0.6) is 0 Å². The Kier molecular flexibility index (Phi) is 3.46. The van der Waals surface area contributed by atoms with Crippen LogP contribution in [0.1, 0.15) is 25.0 Å². The Labute approximate surface area is 83.9 Å². The minimum Gasteiger partial charge on any atom is -0.478 e. The van der Waals surface area contributed by atoms with Crippen LogP contribution in [0.15, 0.2) is 30.3 Å². The molecule has 1 aromatic carbocycles. The Morgan fingerprint density at radius 1 is 1.36 bits per heavy atom. The fraction of sp³-hybridized carbons (Fsp3) is 0.250. The van der Waals surface area contributed by atoms with Crippen LogP contribution < -0.4 is 0 Å². The fourth-order valence-electron chi connectivity index (χ4n) is 1.33. The molecule has 0 heterocycles. The molecule has 0 aliphatic carbocycles. The van der Waals surface area contributed by atoms with Crippen LogP contribution in [0.3, 0.4) is 0 Å². The molecule has 0 aliphatic heterocycles.